The van der Waals surface area contributed by atoms with Crippen molar-refractivity contribution in [2.45, 2.75) is 26.6 Å². The summed E-state index contributed by atoms with van der Waals surface area (Å²) in [5.74, 6) is 0.501. The third-order valence-corrected chi connectivity index (χ3v) is 4.78. The summed E-state index contributed by atoms with van der Waals surface area (Å²) >= 11 is 0. The molecule has 0 aliphatic rings. The fourth-order valence-electron chi connectivity index (χ4n) is 3.46. The molecule has 0 saturated carbocycles. The van der Waals surface area contributed by atoms with E-state index >= 15 is 0 Å². The topological polar surface area (TPSA) is 51.4 Å². The number of pyridine rings is 1. The summed E-state index contributed by atoms with van der Waals surface area (Å²) < 4.78 is 47.7. The van der Waals surface area contributed by atoms with Crippen molar-refractivity contribution in [1.82, 2.24) is 9.56 Å². The molecule has 0 amide bonds. The van der Waals surface area contributed by atoms with Crippen LogP contribution >= 0.6 is 0 Å². The quantitative estimate of drug-likeness (QED) is 0.490. The molecule has 0 unspecified atom stereocenters. The Bertz CT molecular complexity index is 1250. The van der Waals surface area contributed by atoms with Gasteiger partial charge in [0.05, 0.1) is 23.0 Å². The molecule has 0 aliphatic carbocycles. The largest absolute Gasteiger partial charge is 0.416 e. The lowest BCUT2D eigenvalue weighted by Gasteiger charge is -2.10. The molecule has 0 bridgehead atoms. The molecule has 0 spiro atoms. The first kappa shape index (κ1) is 18.9. The van der Waals surface area contributed by atoms with Gasteiger partial charge >= 0.3 is 11.7 Å². The fraction of sp³-hybridized carbons (Fsp3) is 0.190. The van der Waals surface area contributed by atoms with Crippen LogP contribution in [0.1, 0.15) is 22.6 Å². The highest BCUT2D eigenvalue weighted by atomic mass is 19.4. The average molecular weight is 400 g/mol. The van der Waals surface area contributed by atoms with Gasteiger partial charge in [-0.2, -0.15) is 17.6 Å². The summed E-state index contributed by atoms with van der Waals surface area (Å²) in [4.78, 5) is 13.1. The molecule has 0 N–H and O–H groups in total. The molecule has 1 aromatic carbocycles. The molecule has 0 saturated heterocycles. The van der Waals surface area contributed by atoms with E-state index < -0.39 is 11.7 Å². The Kier molecular flexibility index (Phi) is 4.49. The number of alkyl halides is 3. The Morgan fingerprint density at radius 2 is 1.93 bits per heavy atom. The van der Waals surface area contributed by atoms with Gasteiger partial charge in [0.2, 0.25) is 0 Å². The first-order valence-corrected chi connectivity index (χ1v) is 8.89. The SMILES string of the molecule is Cc1noc(C)c1-c1c[n+](Cc2cccc(C(F)(F)F)c2)c2ccccn2c1=O. The van der Waals surface area contributed by atoms with Crippen LogP contribution in [0.25, 0.3) is 16.8 Å². The minimum absolute atomic E-state index is 0.161. The summed E-state index contributed by atoms with van der Waals surface area (Å²) in [6.07, 6.45) is -1.15. The van der Waals surface area contributed by atoms with Crippen LogP contribution in [0.4, 0.5) is 13.2 Å². The van der Waals surface area contributed by atoms with E-state index in [1.807, 2.05) is 0 Å². The van der Waals surface area contributed by atoms with Gasteiger partial charge in [-0.25, -0.2) is 9.36 Å². The highest BCUT2D eigenvalue weighted by Gasteiger charge is 2.30. The molecule has 3 aromatic heterocycles. The van der Waals surface area contributed by atoms with E-state index in [1.165, 1.54) is 10.5 Å². The standard InChI is InChI=1S/C21H17F3N3O2/c1-13-19(14(2)29-25-13)17-12-26(18-8-3-4-9-27(18)20(17)28)11-15-6-5-7-16(10-15)21(22,23)24/h3-10,12H,11H2,1-2H3/q+1. The molecule has 4 rings (SSSR count). The smallest absolute Gasteiger partial charge is 0.361 e. The molecule has 3 heterocycles. The first-order valence-electron chi connectivity index (χ1n) is 8.89. The maximum Gasteiger partial charge on any atom is 0.416 e. The normalized spacial score (nSPS) is 11.9. The number of rotatable bonds is 3. The third-order valence-electron chi connectivity index (χ3n) is 4.78. The lowest BCUT2D eigenvalue weighted by atomic mass is 10.1. The zero-order valence-electron chi connectivity index (χ0n) is 15.7. The molecule has 5 nitrogen and oxygen atoms in total. The van der Waals surface area contributed by atoms with Gasteiger partial charge in [0, 0.05) is 6.07 Å². The van der Waals surface area contributed by atoms with Crippen LogP contribution in [-0.4, -0.2) is 9.56 Å². The lowest BCUT2D eigenvalue weighted by molar-refractivity contribution is -0.665. The predicted octanol–water partition coefficient (Wildman–Crippen LogP) is 3.93. The van der Waals surface area contributed by atoms with Crippen molar-refractivity contribution in [3.8, 4) is 11.1 Å². The van der Waals surface area contributed by atoms with E-state index in [1.54, 1.807) is 55.1 Å². The van der Waals surface area contributed by atoms with Crippen molar-refractivity contribution in [3.63, 3.8) is 0 Å². The van der Waals surface area contributed by atoms with Gasteiger partial charge in [0.1, 0.15) is 24.1 Å². The van der Waals surface area contributed by atoms with E-state index in [-0.39, 0.29) is 12.1 Å². The average Bonchev–Trinajstić information content (AvgIpc) is 3.02. The van der Waals surface area contributed by atoms with Crippen LogP contribution in [0.3, 0.4) is 0 Å². The number of hydrogen-bond donors (Lipinski definition) is 0. The highest BCUT2D eigenvalue weighted by Crippen LogP contribution is 2.29. The molecule has 8 heteroatoms. The molecular formula is C21H17F3N3O2+. The summed E-state index contributed by atoms with van der Waals surface area (Å²) in [5.41, 5.74) is 1.60. The molecule has 29 heavy (non-hydrogen) atoms. The number of benzene rings is 1. The van der Waals surface area contributed by atoms with Crippen LogP contribution in [0.15, 0.2) is 64.2 Å². The van der Waals surface area contributed by atoms with Gasteiger partial charge in [-0.15, -0.1) is 0 Å². The summed E-state index contributed by atoms with van der Waals surface area (Å²) in [6.45, 7) is 3.61. The van der Waals surface area contributed by atoms with E-state index in [9.17, 15) is 18.0 Å². The second-order valence-corrected chi connectivity index (χ2v) is 6.80. The number of nitrogens with zero attached hydrogens (tertiary/aromatic N) is 3. The van der Waals surface area contributed by atoms with Crippen molar-refractivity contribution < 1.29 is 22.3 Å². The van der Waals surface area contributed by atoms with Crippen molar-refractivity contribution in [1.29, 1.82) is 0 Å². The fourth-order valence-corrected chi connectivity index (χ4v) is 3.46. The van der Waals surface area contributed by atoms with Crippen molar-refractivity contribution in [2.75, 3.05) is 0 Å². The van der Waals surface area contributed by atoms with Crippen molar-refractivity contribution in [2.24, 2.45) is 0 Å². The van der Waals surface area contributed by atoms with Gasteiger partial charge < -0.3 is 4.52 Å². The van der Waals surface area contributed by atoms with Crippen LogP contribution in [0, 0.1) is 13.8 Å². The Labute approximate surface area is 163 Å². The number of hydrogen-bond acceptors (Lipinski definition) is 3. The first-order chi connectivity index (χ1) is 13.8. The van der Waals surface area contributed by atoms with Gasteiger partial charge in [-0.05, 0) is 37.6 Å². The van der Waals surface area contributed by atoms with Gasteiger partial charge in [-0.1, -0.05) is 23.4 Å². The molecule has 0 radical (unpaired) electrons. The van der Waals surface area contributed by atoms with Crippen LogP contribution < -0.4 is 10.1 Å². The minimum atomic E-state index is -4.42. The molecule has 0 fully saturated rings. The second-order valence-electron chi connectivity index (χ2n) is 6.80. The van der Waals surface area contributed by atoms with Crippen molar-refractivity contribution >= 4 is 5.65 Å². The maximum atomic E-state index is 13.1. The van der Waals surface area contributed by atoms with E-state index in [2.05, 4.69) is 5.16 Å². The van der Waals surface area contributed by atoms with E-state index in [0.29, 0.717) is 33.8 Å². The molecule has 148 valence electrons. The van der Waals surface area contributed by atoms with Crippen molar-refractivity contribution in [3.05, 3.63) is 87.8 Å². The molecule has 0 aliphatic heterocycles. The maximum absolute atomic E-state index is 13.1. The Balaban J connectivity index is 1.91. The molecule has 0 atom stereocenters. The number of aromatic nitrogens is 3. The Morgan fingerprint density at radius 3 is 2.62 bits per heavy atom. The van der Waals surface area contributed by atoms with E-state index in [0.717, 1.165) is 12.1 Å². The summed E-state index contributed by atoms with van der Waals surface area (Å²) in [5, 5.41) is 3.91. The zero-order chi connectivity index (χ0) is 20.8. The second kappa shape index (κ2) is 6.88. The Hall–Kier alpha value is -3.42. The van der Waals surface area contributed by atoms with E-state index in [4.69, 9.17) is 4.52 Å². The summed E-state index contributed by atoms with van der Waals surface area (Å²) in [6, 6.07) is 10.4. The zero-order valence-corrected chi connectivity index (χ0v) is 15.7. The summed E-state index contributed by atoms with van der Waals surface area (Å²) in [7, 11) is 0. The molecule has 4 aromatic rings. The third kappa shape index (κ3) is 3.41. The molecular weight excluding hydrogens is 383 g/mol. The lowest BCUT2D eigenvalue weighted by Crippen LogP contribution is -2.40. The van der Waals surface area contributed by atoms with Gasteiger partial charge in [0.15, 0.2) is 0 Å². The monoisotopic (exact) mass is 400 g/mol. The van der Waals surface area contributed by atoms with Gasteiger partial charge in [0.25, 0.3) is 5.65 Å². The van der Waals surface area contributed by atoms with Gasteiger partial charge in [-0.3, -0.25) is 0 Å². The van der Waals surface area contributed by atoms with Crippen LogP contribution in [-0.2, 0) is 12.7 Å². The highest BCUT2D eigenvalue weighted by molar-refractivity contribution is 5.66. The predicted molar refractivity (Wildman–Crippen MR) is 99.4 cm³/mol. The number of halogens is 3. The van der Waals surface area contributed by atoms with Crippen LogP contribution in [0.2, 0.25) is 0 Å². The Morgan fingerprint density at radius 1 is 1.14 bits per heavy atom. The minimum Gasteiger partial charge on any atom is -0.361 e. The number of aryl methyl sites for hydroxylation is 2. The van der Waals surface area contributed by atoms with Crippen LogP contribution in [0.5, 0.6) is 0 Å². The number of fused-ring (bicyclic) bond motifs is 1.